The van der Waals surface area contributed by atoms with E-state index in [2.05, 4.69) is 10.2 Å². The van der Waals surface area contributed by atoms with Gasteiger partial charge in [0.2, 0.25) is 0 Å². The van der Waals surface area contributed by atoms with Crippen LogP contribution in [0.25, 0.3) is 0 Å². The molecule has 106 valence electrons. The number of nitrogens with zero attached hydrogens (tertiary/aromatic N) is 1. The molecule has 0 saturated carbocycles. The average Bonchev–Trinajstić information content (AvgIpc) is 2.76. The number of benzene rings is 1. The van der Waals surface area contributed by atoms with Gasteiger partial charge in [-0.15, -0.1) is 0 Å². The third-order valence-corrected chi connectivity index (χ3v) is 5.37. The maximum absolute atomic E-state index is 11.4. The highest BCUT2D eigenvalue weighted by Crippen LogP contribution is 2.16. The molecule has 1 atom stereocenters. The van der Waals surface area contributed by atoms with Crippen molar-refractivity contribution in [2.75, 3.05) is 37.0 Å². The molecular weight excluding hydrogens is 260 g/mol. The third-order valence-electron chi connectivity index (χ3n) is 3.62. The van der Waals surface area contributed by atoms with Gasteiger partial charge in [0.05, 0.1) is 11.5 Å². The van der Waals surface area contributed by atoms with Crippen molar-refractivity contribution in [1.82, 2.24) is 4.90 Å². The van der Waals surface area contributed by atoms with Gasteiger partial charge in [-0.2, -0.15) is 0 Å². The monoisotopic (exact) mass is 282 g/mol. The minimum Gasteiger partial charge on any atom is -0.385 e. The maximum Gasteiger partial charge on any atom is 0.151 e. The van der Waals surface area contributed by atoms with Crippen molar-refractivity contribution in [3.05, 3.63) is 30.3 Å². The number of para-hydroxylation sites is 1. The fraction of sp³-hybridized carbons (Fsp3) is 0.571. The fourth-order valence-electron chi connectivity index (χ4n) is 2.42. The molecule has 1 saturated heterocycles. The van der Waals surface area contributed by atoms with Crippen LogP contribution >= 0.6 is 0 Å². The van der Waals surface area contributed by atoms with E-state index in [1.165, 1.54) is 0 Å². The maximum atomic E-state index is 11.4. The largest absolute Gasteiger partial charge is 0.385 e. The predicted octanol–water partition coefficient (Wildman–Crippen LogP) is 1.61. The summed E-state index contributed by atoms with van der Waals surface area (Å²) in [5.74, 6) is 0.680. The number of sulfone groups is 1. The molecule has 1 aromatic carbocycles. The Morgan fingerprint density at radius 2 is 2.05 bits per heavy atom. The Bertz CT molecular complexity index is 487. The summed E-state index contributed by atoms with van der Waals surface area (Å²) in [6.45, 7) is 1.84. The van der Waals surface area contributed by atoms with E-state index < -0.39 is 9.84 Å². The SMILES string of the molecule is CN(CCCNc1ccccc1)C1CCS(=O)(=O)C1. The van der Waals surface area contributed by atoms with Crippen LogP contribution in [0.4, 0.5) is 5.69 Å². The van der Waals surface area contributed by atoms with Gasteiger partial charge in [-0.25, -0.2) is 8.42 Å². The Labute approximate surface area is 115 Å². The summed E-state index contributed by atoms with van der Waals surface area (Å²) in [5.41, 5.74) is 1.13. The van der Waals surface area contributed by atoms with Crippen molar-refractivity contribution in [3.8, 4) is 0 Å². The van der Waals surface area contributed by atoms with E-state index in [1.807, 2.05) is 37.4 Å². The van der Waals surface area contributed by atoms with E-state index in [-0.39, 0.29) is 6.04 Å². The van der Waals surface area contributed by atoms with Crippen LogP contribution < -0.4 is 5.32 Å². The van der Waals surface area contributed by atoms with Crippen LogP contribution in [0, 0.1) is 0 Å². The van der Waals surface area contributed by atoms with Gasteiger partial charge >= 0.3 is 0 Å². The zero-order valence-corrected chi connectivity index (χ0v) is 12.2. The van der Waals surface area contributed by atoms with Crippen LogP contribution in [-0.2, 0) is 9.84 Å². The van der Waals surface area contributed by atoms with Crippen LogP contribution in [0.1, 0.15) is 12.8 Å². The van der Waals surface area contributed by atoms with E-state index >= 15 is 0 Å². The van der Waals surface area contributed by atoms with Crippen LogP contribution in [0.5, 0.6) is 0 Å². The van der Waals surface area contributed by atoms with Crippen molar-refractivity contribution in [3.63, 3.8) is 0 Å². The molecule has 0 aliphatic carbocycles. The van der Waals surface area contributed by atoms with Crippen LogP contribution in [-0.4, -0.2) is 51.0 Å². The predicted molar refractivity (Wildman–Crippen MR) is 79.2 cm³/mol. The molecule has 1 N–H and O–H groups in total. The molecule has 1 aliphatic heterocycles. The minimum absolute atomic E-state index is 0.210. The fourth-order valence-corrected chi connectivity index (χ4v) is 4.23. The first-order valence-electron chi connectivity index (χ1n) is 6.76. The first-order chi connectivity index (χ1) is 9.07. The van der Waals surface area contributed by atoms with Crippen LogP contribution in [0.15, 0.2) is 30.3 Å². The Hall–Kier alpha value is -1.07. The second kappa shape index (κ2) is 6.39. The summed E-state index contributed by atoms with van der Waals surface area (Å²) in [4.78, 5) is 2.18. The molecule has 0 bridgehead atoms. The van der Waals surface area contributed by atoms with Gasteiger partial charge in [-0.3, -0.25) is 0 Å². The van der Waals surface area contributed by atoms with E-state index in [4.69, 9.17) is 0 Å². The minimum atomic E-state index is -2.77. The van der Waals surface area contributed by atoms with Gasteiger partial charge in [0.15, 0.2) is 9.84 Å². The Morgan fingerprint density at radius 1 is 1.32 bits per heavy atom. The van der Waals surface area contributed by atoms with Gasteiger partial charge in [0.25, 0.3) is 0 Å². The van der Waals surface area contributed by atoms with Crippen molar-refractivity contribution in [2.45, 2.75) is 18.9 Å². The van der Waals surface area contributed by atoms with Crippen LogP contribution in [0.3, 0.4) is 0 Å². The van der Waals surface area contributed by atoms with Gasteiger partial charge in [0, 0.05) is 18.3 Å². The summed E-state index contributed by atoms with van der Waals surface area (Å²) in [6, 6.07) is 10.3. The molecule has 5 heteroatoms. The lowest BCUT2D eigenvalue weighted by molar-refractivity contribution is 0.261. The summed E-state index contributed by atoms with van der Waals surface area (Å²) >= 11 is 0. The Morgan fingerprint density at radius 3 is 2.68 bits per heavy atom. The van der Waals surface area contributed by atoms with Crippen molar-refractivity contribution < 1.29 is 8.42 Å². The number of anilines is 1. The molecule has 0 aromatic heterocycles. The summed E-state index contributed by atoms with van der Waals surface area (Å²) in [7, 11) is -0.750. The molecule has 1 unspecified atom stereocenters. The second-order valence-corrected chi connectivity index (χ2v) is 7.41. The first kappa shape index (κ1) is 14.3. The van der Waals surface area contributed by atoms with Crippen molar-refractivity contribution in [2.24, 2.45) is 0 Å². The van der Waals surface area contributed by atoms with Crippen LogP contribution in [0.2, 0.25) is 0 Å². The molecule has 19 heavy (non-hydrogen) atoms. The highest BCUT2D eigenvalue weighted by atomic mass is 32.2. The molecular formula is C14H22N2O2S. The summed E-state index contributed by atoms with van der Waals surface area (Å²) in [5, 5.41) is 3.36. The molecule has 1 heterocycles. The molecule has 2 rings (SSSR count). The van der Waals surface area contributed by atoms with E-state index in [0.29, 0.717) is 11.5 Å². The highest BCUT2D eigenvalue weighted by Gasteiger charge is 2.30. The van der Waals surface area contributed by atoms with E-state index in [9.17, 15) is 8.42 Å². The zero-order chi connectivity index (χ0) is 13.7. The lowest BCUT2D eigenvalue weighted by Crippen LogP contribution is -2.34. The topological polar surface area (TPSA) is 49.4 Å². The lowest BCUT2D eigenvalue weighted by Gasteiger charge is -2.23. The van der Waals surface area contributed by atoms with E-state index in [0.717, 1.165) is 31.6 Å². The molecule has 0 radical (unpaired) electrons. The highest BCUT2D eigenvalue weighted by molar-refractivity contribution is 7.91. The second-order valence-electron chi connectivity index (χ2n) is 5.18. The molecule has 4 nitrogen and oxygen atoms in total. The van der Waals surface area contributed by atoms with Crippen molar-refractivity contribution >= 4 is 15.5 Å². The first-order valence-corrected chi connectivity index (χ1v) is 8.58. The lowest BCUT2D eigenvalue weighted by atomic mass is 10.2. The average molecular weight is 282 g/mol. The molecule has 1 aromatic rings. The number of nitrogens with one attached hydrogen (secondary N) is 1. The molecule has 0 spiro atoms. The number of hydrogen-bond donors (Lipinski definition) is 1. The zero-order valence-electron chi connectivity index (χ0n) is 11.4. The van der Waals surface area contributed by atoms with E-state index in [1.54, 1.807) is 0 Å². The Kier molecular flexibility index (Phi) is 4.82. The standard InChI is InChI=1S/C14H22N2O2S/c1-16(14-8-11-19(17,18)12-14)10-5-9-15-13-6-3-2-4-7-13/h2-4,6-7,14-15H,5,8-12H2,1H3. The normalized spacial score (nSPS) is 21.7. The van der Waals surface area contributed by atoms with Gasteiger partial charge in [-0.1, -0.05) is 18.2 Å². The number of hydrogen-bond acceptors (Lipinski definition) is 4. The van der Waals surface area contributed by atoms with Gasteiger partial charge in [0.1, 0.15) is 0 Å². The Balaban J connectivity index is 1.66. The summed E-state index contributed by atoms with van der Waals surface area (Å²) < 4.78 is 22.8. The quantitative estimate of drug-likeness (QED) is 0.805. The molecule has 0 amide bonds. The molecule has 1 fully saturated rings. The smallest absolute Gasteiger partial charge is 0.151 e. The third kappa shape index (κ3) is 4.51. The van der Waals surface area contributed by atoms with Crippen molar-refractivity contribution in [1.29, 1.82) is 0 Å². The molecule has 1 aliphatic rings. The summed E-state index contributed by atoms with van der Waals surface area (Å²) in [6.07, 6.45) is 1.80. The van der Waals surface area contributed by atoms with Gasteiger partial charge < -0.3 is 10.2 Å². The van der Waals surface area contributed by atoms with Gasteiger partial charge in [-0.05, 0) is 38.6 Å². The number of rotatable bonds is 6.